The molecule has 0 atom stereocenters. The van der Waals surface area contributed by atoms with Crippen molar-refractivity contribution >= 4 is 27.7 Å². The molecule has 0 bridgehead atoms. The summed E-state index contributed by atoms with van der Waals surface area (Å²) >= 11 is 3.27. The van der Waals surface area contributed by atoms with Crippen molar-refractivity contribution in [1.82, 2.24) is 0 Å². The van der Waals surface area contributed by atoms with Gasteiger partial charge in [0.1, 0.15) is 5.82 Å². The van der Waals surface area contributed by atoms with Crippen LogP contribution in [0, 0.1) is 5.82 Å². The molecule has 20 heavy (non-hydrogen) atoms. The first-order chi connectivity index (χ1) is 9.56. The Kier molecular flexibility index (Phi) is 4.63. The Morgan fingerprint density at radius 1 is 0.950 bits per heavy atom. The lowest BCUT2D eigenvalue weighted by molar-refractivity contribution is 0.0474. The smallest absolute Gasteiger partial charge is 0.338 e. The van der Waals surface area contributed by atoms with Crippen molar-refractivity contribution in [3.63, 3.8) is 0 Å². The molecular formula is C15H10BrFO3. The van der Waals surface area contributed by atoms with Crippen molar-refractivity contribution < 1.29 is 18.7 Å². The molecule has 0 fully saturated rings. The van der Waals surface area contributed by atoms with Gasteiger partial charge in [-0.25, -0.2) is 9.18 Å². The van der Waals surface area contributed by atoms with Crippen LogP contribution in [-0.2, 0) is 4.74 Å². The summed E-state index contributed by atoms with van der Waals surface area (Å²) in [5, 5.41) is 0. The lowest BCUT2D eigenvalue weighted by Gasteiger charge is -2.04. The molecule has 0 aliphatic rings. The molecule has 2 aromatic carbocycles. The van der Waals surface area contributed by atoms with E-state index in [-0.39, 0.29) is 18.0 Å². The van der Waals surface area contributed by atoms with Gasteiger partial charge in [0, 0.05) is 10.0 Å². The fraction of sp³-hybridized carbons (Fsp3) is 0.0667. The minimum atomic E-state index is -0.657. The third-order valence-corrected chi connectivity index (χ3v) is 3.11. The molecule has 0 amide bonds. The number of carbonyl (C=O) groups is 2. The summed E-state index contributed by atoms with van der Waals surface area (Å²) in [6, 6.07) is 11.7. The first-order valence-electron chi connectivity index (χ1n) is 5.78. The molecule has 2 aromatic rings. The van der Waals surface area contributed by atoms with Crippen LogP contribution in [0.4, 0.5) is 4.39 Å². The predicted octanol–water partition coefficient (Wildman–Crippen LogP) is 3.63. The van der Waals surface area contributed by atoms with Crippen LogP contribution in [0.25, 0.3) is 0 Å². The van der Waals surface area contributed by atoms with Crippen LogP contribution in [-0.4, -0.2) is 18.4 Å². The van der Waals surface area contributed by atoms with Gasteiger partial charge in [-0.2, -0.15) is 0 Å². The quantitative estimate of drug-likeness (QED) is 0.632. The number of rotatable bonds is 4. The number of ether oxygens (including phenoxy) is 1. The Morgan fingerprint density at radius 3 is 2.10 bits per heavy atom. The molecule has 0 aromatic heterocycles. The van der Waals surface area contributed by atoms with Crippen molar-refractivity contribution in [2.75, 3.05) is 6.61 Å². The number of hydrogen-bond donors (Lipinski definition) is 0. The Bertz CT molecular complexity index is 563. The van der Waals surface area contributed by atoms with Crippen LogP contribution in [0.5, 0.6) is 0 Å². The van der Waals surface area contributed by atoms with Crippen molar-refractivity contribution in [1.29, 1.82) is 0 Å². The summed E-state index contributed by atoms with van der Waals surface area (Å²) in [5.41, 5.74) is 0.662. The van der Waals surface area contributed by atoms with E-state index in [0.29, 0.717) is 5.56 Å². The summed E-state index contributed by atoms with van der Waals surface area (Å²) in [5.74, 6) is -1.39. The summed E-state index contributed by atoms with van der Waals surface area (Å²) in [6.07, 6.45) is 0. The van der Waals surface area contributed by atoms with Gasteiger partial charge >= 0.3 is 5.97 Å². The molecule has 0 heterocycles. The molecule has 5 heteroatoms. The van der Waals surface area contributed by atoms with Crippen LogP contribution in [0.15, 0.2) is 53.0 Å². The number of benzene rings is 2. The third-order valence-electron chi connectivity index (χ3n) is 2.58. The molecule has 0 radical (unpaired) electrons. The third kappa shape index (κ3) is 3.74. The highest BCUT2D eigenvalue weighted by Crippen LogP contribution is 2.11. The van der Waals surface area contributed by atoms with E-state index in [1.807, 2.05) is 0 Å². The molecule has 0 unspecified atom stereocenters. The Morgan fingerprint density at radius 2 is 1.50 bits per heavy atom. The fourth-order valence-corrected chi connectivity index (χ4v) is 1.78. The van der Waals surface area contributed by atoms with Crippen LogP contribution >= 0.6 is 15.9 Å². The highest BCUT2D eigenvalue weighted by Gasteiger charge is 2.11. The van der Waals surface area contributed by atoms with Gasteiger partial charge in [0.15, 0.2) is 12.4 Å². The molecule has 102 valence electrons. The van der Waals surface area contributed by atoms with E-state index < -0.39 is 11.8 Å². The van der Waals surface area contributed by atoms with Crippen molar-refractivity contribution in [2.45, 2.75) is 0 Å². The van der Waals surface area contributed by atoms with Crippen LogP contribution in [0.2, 0.25) is 0 Å². The van der Waals surface area contributed by atoms with Crippen LogP contribution in [0.3, 0.4) is 0 Å². The van der Waals surface area contributed by atoms with E-state index in [1.54, 1.807) is 24.3 Å². The number of ketones is 1. The van der Waals surface area contributed by atoms with Gasteiger partial charge in [0.05, 0.1) is 5.56 Å². The van der Waals surface area contributed by atoms with Gasteiger partial charge in [-0.15, -0.1) is 0 Å². The molecule has 0 aliphatic heterocycles. The number of hydrogen-bond acceptors (Lipinski definition) is 3. The largest absolute Gasteiger partial charge is 0.454 e. The zero-order valence-corrected chi connectivity index (χ0v) is 11.9. The van der Waals surface area contributed by atoms with Gasteiger partial charge in [-0.3, -0.25) is 4.79 Å². The molecule has 0 spiro atoms. The molecule has 2 rings (SSSR count). The Hall–Kier alpha value is -2.01. The topological polar surface area (TPSA) is 43.4 Å². The maximum absolute atomic E-state index is 12.7. The number of Topliss-reactive ketones (excluding diaryl/α,β-unsaturated/α-hetero) is 1. The average Bonchev–Trinajstić information content (AvgIpc) is 2.46. The fourth-order valence-electron chi connectivity index (χ4n) is 1.52. The van der Waals surface area contributed by atoms with Crippen LogP contribution in [0.1, 0.15) is 20.7 Å². The SMILES string of the molecule is O=C(COC(=O)c1ccc(F)cc1)c1ccc(Br)cc1. The normalized spacial score (nSPS) is 10.1. The monoisotopic (exact) mass is 336 g/mol. The Balaban J connectivity index is 1.94. The summed E-state index contributed by atoms with van der Waals surface area (Å²) in [7, 11) is 0. The zero-order valence-electron chi connectivity index (χ0n) is 10.3. The zero-order chi connectivity index (χ0) is 14.5. The first-order valence-corrected chi connectivity index (χ1v) is 6.57. The summed E-state index contributed by atoms with van der Waals surface area (Å²) in [4.78, 5) is 23.4. The predicted molar refractivity (Wildman–Crippen MR) is 75.2 cm³/mol. The molecule has 0 N–H and O–H groups in total. The van der Waals surface area contributed by atoms with Crippen molar-refractivity contribution in [3.05, 3.63) is 69.9 Å². The van der Waals surface area contributed by atoms with E-state index in [2.05, 4.69) is 15.9 Å². The Labute approximate surface area is 123 Å². The minimum absolute atomic E-state index is 0.204. The summed E-state index contributed by atoms with van der Waals surface area (Å²) in [6.45, 7) is -0.349. The van der Waals surface area contributed by atoms with Gasteiger partial charge in [0.2, 0.25) is 0 Å². The van der Waals surface area contributed by atoms with Gasteiger partial charge in [-0.05, 0) is 36.4 Å². The van der Waals surface area contributed by atoms with Gasteiger partial charge in [0.25, 0.3) is 0 Å². The maximum atomic E-state index is 12.7. The number of esters is 1. The van der Waals surface area contributed by atoms with Crippen molar-refractivity contribution in [3.8, 4) is 0 Å². The first kappa shape index (κ1) is 14.4. The van der Waals surface area contributed by atoms with Gasteiger partial charge < -0.3 is 4.74 Å². The van der Waals surface area contributed by atoms with Crippen LogP contribution < -0.4 is 0 Å². The summed E-state index contributed by atoms with van der Waals surface area (Å²) < 4.78 is 18.5. The van der Waals surface area contributed by atoms with Gasteiger partial charge in [-0.1, -0.05) is 28.1 Å². The maximum Gasteiger partial charge on any atom is 0.338 e. The standard InChI is InChI=1S/C15H10BrFO3/c16-12-5-1-10(2-6-12)14(18)9-20-15(19)11-3-7-13(17)8-4-11/h1-8H,9H2. The van der Waals surface area contributed by atoms with Crippen molar-refractivity contribution in [2.24, 2.45) is 0 Å². The molecular weight excluding hydrogens is 327 g/mol. The average molecular weight is 337 g/mol. The van der Waals surface area contributed by atoms with E-state index in [4.69, 9.17) is 4.74 Å². The molecule has 0 aliphatic carbocycles. The second-order valence-electron chi connectivity index (χ2n) is 4.01. The lowest BCUT2D eigenvalue weighted by Crippen LogP contribution is -2.14. The van der Waals surface area contributed by atoms with E-state index in [1.165, 1.54) is 12.1 Å². The highest BCUT2D eigenvalue weighted by molar-refractivity contribution is 9.10. The van der Waals surface area contributed by atoms with E-state index >= 15 is 0 Å². The van der Waals surface area contributed by atoms with E-state index in [9.17, 15) is 14.0 Å². The second-order valence-corrected chi connectivity index (χ2v) is 4.93. The number of halogens is 2. The second kappa shape index (κ2) is 6.43. The minimum Gasteiger partial charge on any atom is -0.454 e. The molecule has 0 saturated carbocycles. The van der Waals surface area contributed by atoms with E-state index in [0.717, 1.165) is 16.6 Å². The lowest BCUT2D eigenvalue weighted by atomic mass is 10.1. The molecule has 0 saturated heterocycles. The highest BCUT2D eigenvalue weighted by atomic mass is 79.9. The molecule has 3 nitrogen and oxygen atoms in total. The number of carbonyl (C=O) groups excluding carboxylic acids is 2.